The number of anilines is 2. The second kappa shape index (κ2) is 10.9. The monoisotopic (exact) mass is 569 g/mol. The standard InChI is InChI=1S/C31H31N5O4S/c1-2-40-30(37)20-35(41(38,39)28-7-3-5-22-6-4-18-33-31(22)28)25-15-16-27-26(19-25)34-29(36(27)24-13-14-24)17-10-21-8-11-23(32)12-9-21/h3-9,11-12,15-16,18-19,24H,2,10,13-14,17,20,32H2,1H3. The molecule has 9 nitrogen and oxygen atoms in total. The fourth-order valence-electron chi connectivity index (χ4n) is 5.19. The molecule has 2 heterocycles. The number of para-hydroxylation sites is 1. The third-order valence-corrected chi connectivity index (χ3v) is 9.11. The maximum Gasteiger partial charge on any atom is 0.326 e. The van der Waals surface area contributed by atoms with Crippen molar-refractivity contribution in [1.29, 1.82) is 0 Å². The normalized spacial score (nSPS) is 13.5. The molecule has 0 saturated heterocycles. The molecule has 0 radical (unpaired) electrons. The lowest BCUT2D eigenvalue weighted by atomic mass is 10.1. The van der Waals surface area contributed by atoms with Crippen molar-refractivity contribution in [3.05, 3.63) is 90.4 Å². The number of hydrogen-bond donors (Lipinski definition) is 1. The van der Waals surface area contributed by atoms with Gasteiger partial charge in [0, 0.05) is 29.7 Å². The quantitative estimate of drug-likeness (QED) is 0.185. The van der Waals surface area contributed by atoms with Crippen molar-refractivity contribution in [3.63, 3.8) is 0 Å². The average molecular weight is 570 g/mol. The molecule has 0 unspecified atom stereocenters. The Hall–Kier alpha value is -4.44. The Balaban J connectivity index is 1.41. The fourth-order valence-corrected chi connectivity index (χ4v) is 6.76. The van der Waals surface area contributed by atoms with E-state index in [1.165, 1.54) is 11.6 Å². The van der Waals surface area contributed by atoms with E-state index in [0.717, 1.165) is 47.0 Å². The molecule has 1 fully saturated rings. The van der Waals surface area contributed by atoms with Crippen LogP contribution in [0.25, 0.3) is 21.9 Å². The first-order chi connectivity index (χ1) is 19.8. The van der Waals surface area contributed by atoms with Crippen LogP contribution in [0.2, 0.25) is 0 Å². The van der Waals surface area contributed by atoms with Crippen LogP contribution in [0, 0.1) is 0 Å². The van der Waals surface area contributed by atoms with Gasteiger partial charge in [-0.25, -0.2) is 13.4 Å². The van der Waals surface area contributed by atoms with Gasteiger partial charge >= 0.3 is 5.97 Å². The van der Waals surface area contributed by atoms with Crippen molar-refractivity contribution >= 4 is 49.3 Å². The van der Waals surface area contributed by atoms with Crippen molar-refractivity contribution < 1.29 is 17.9 Å². The fraction of sp³-hybridized carbons (Fsp3) is 0.258. The molecule has 1 aliphatic carbocycles. The summed E-state index contributed by atoms with van der Waals surface area (Å²) in [6.07, 6.45) is 5.26. The Bertz CT molecular complexity index is 1840. The minimum absolute atomic E-state index is 0.0210. The molecule has 1 saturated carbocycles. The molecule has 1 aliphatic rings. The van der Waals surface area contributed by atoms with Gasteiger partial charge in [0.15, 0.2) is 0 Å². The van der Waals surface area contributed by atoms with Gasteiger partial charge in [0.25, 0.3) is 10.0 Å². The zero-order valence-corrected chi connectivity index (χ0v) is 23.5. The number of rotatable bonds is 10. The van der Waals surface area contributed by atoms with E-state index >= 15 is 0 Å². The van der Waals surface area contributed by atoms with E-state index in [2.05, 4.69) is 9.55 Å². The third-order valence-electron chi connectivity index (χ3n) is 7.30. The SMILES string of the molecule is CCOC(=O)CN(c1ccc2c(c1)nc(CCc1ccc(N)cc1)n2C1CC1)S(=O)(=O)c1cccc2cccnc12. The third kappa shape index (κ3) is 5.35. The summed E-state index contributed by atoms with van der Waals surface area (Å²) < 4.78 is 36.8. The number of pyridine rings is 1. The maximum atomic E-state index is 14.1. The van der Waals surface area contributed by atoms with Crippen LogP contribution >= 0.6 is 0 Å². The number of sulfonamides is 1. The van der Waals surface area contributed by atoms with Crippen molar-refractivity contribution in [2.45, 2.75) is 43.5 Å². The van der Waals surface area contributed by atoms with E-state index in [1.54, 1.807) is 49.5 Å². The van der Waals surface area contributed by atoms with E-state index in [-0.39, 0.29) is 11.5 Å². The maximum absolute atomic E-state index is 14.1. The van der Waals surface area contributed by atoms with E-state index in [1.807, 2.05) is 30.3 Å². The highest BCUT2D eigenvalue weighted by Crippen LogP contribution is 2.40. The van der Waals surface area contributed by atoms with Crippen molar-refractivity contribution in [3.8, 4) is 0 Å². The van der Waals surface area contributed by atoms with Crippen LogP contribution < -0.4 is 10.0 Å². The van der Waals surface area contributed by atoms with Gasteiger partial charge in [-0.05, 0) is 74.2 Å². The highest BCUT2D eigenvalue weighted by atomic mass is 32.2. The molecule has 210 valence electrons. The summed E-state index contributed by atoms with van der Waals surface area (Å²) in [6, 6.07) is 22.2. The van der Waals surface area contributed by atoms with Crippen LogP contribution in [0.4, 0.5) is 11.4 Å². The summed E-state index contributed by atoms with van der Waals surface area (Å²) in [7, 11) is -4.19. The number of ether oxygens (including phenoxy) is 1. The van der Waals surface area contributed by atoms with Crippen LogP contribution in [0.1, 0.15) is 37.2 Å². The molecule has 2 aromatic heterocycles. The van der Waals surface area contributed by atoms with E-state index in [0.29, 0.717) is 28.1 Å². The van der Waals surface area contributed by atoms with Crippen LogP contribution in [-0.4, -0.2) is 42.1 Å². The van der Waals surface area contributed by atoms with Gasteiger partial charge in [0.2, 0.25) is 0 Å². The van der Waals surface area contributed by atoms with E-state index < -0.39 is 22.5 Å². The summed E-state index contributed by atoms with van der Waals surface area (Å²) in [5.41, 5.74) is 10.1. The lowest BCUT2D eigenvalue weighted by molar-refractivity contribution is -0.141. The van der Waals surface area contributed by atoms with Gasteiger partial charge in [0.05, 0.1) is 28.8 Å². The Labute approximate surface area is 238 Å². The second-order valence-electron chi connectivity index (χ2n) is 10.2. The summed E-state index contributed by atoms with van der Waals surface area (Å²) in [4.78, 5) is 22.0. The molecule has 10 heteroatoms. The number of benzene rings is 3. The molecule has 0 spiro atoms. The minimum Gasteiger partial charge on any atom is -0.465 e. The number of hydrogen-bond acceptors (Lipinski definition) is 7. The van der Waals surface area contributed by atoms with Gasteiger partial charge in [-0.1, -0.05) is 30.3 Å². The number of nitrogens with zero attached hydrogens (tertiary/aromatic N) is 4. The predicted octanol–water partition coefficient (Wildman–Crippen LogP) is 5.05. The van der Waals surface area contributed by atoms with Crippen LogP contribution in [-0.2, 0) is 32.4 Å². The Morgan fingerprint density at radius 1 is 1.05 bits per heavy atom. The molecule has 5 aromatic rings. The number of fused-ring (bicyclic) bond motifs is 2. The number of carbonyl (C=O) groups is 1. The number of aromatic nitrogens is 3. The first-order valence-electron chi connectivity index (χ1n) is 13.7. The lowest BCUT2D eigenvalue weighted by Crippen LogP contribution is -2.36. The number of nitrogen functional groups attached to an aromatic ring is 1. The number of imidazole rings is 1. The number of nitrogens with two attached hydrogens (primary N) is 1. The van der Waals surface area contributed by atoms with Gasteiger partial charge in [-0.2, -0.15) is 0 Å². The molecule has 0 bridgehead atoms. The smallest absolute Gasteiger partial charge is 0.326 e. The number of carbonyl (C=O) groups excluding carboxylic acids is 1. The summed E-state index contributed by atoms with van der Waals surface area (Å²) >= 11 is 0. The van der Waals surface area contributed by atoms with E-state index in [4.69, 9.17) is 15.5 Å². The largest absolute Gasteiger partial charge is 0.465 e. The summed E-state index contributed by atoms with van der Waals surface area (Å²) in [6.45, 7) is 1.36. The van der Waals surface area contributed by atoms with Crippen LogP contribution in [0.5, 0.6) is 0 Å². The van der Waals surface area contributed by atoms with Gasteiger partial charge in [0.1, 0.15) is 17.3 Å². The highest BCUT2D eigenvalue weighted by Gasteiger charge is 2.32. The summed E-state index contributed by atoms with van der Waals surface area (Å²) in [5, 5.41) is 0.689. The van der Waals surface area contributed by atoms with Crippen LogP contribution in [0.3, 0.4) is 0 Å². The molecular formula is C31H31N5O4S. The number of aryl methyl sites for hydroxylation is 2. The minimum atomic E-state index is -4.19. The summed E-state index contributed by atoms with van der Waals surface area (Å²) in [5.74, 6) is 0.312. The molecule has 41 heavy (non-hydrogen) atoms. The highest BCUT2D eigenvalue weighted by molar-refractivity contribution is 7.93. The second-order valence-corrected chi connectivity index (χ2v) is 12.0. The first-order valence-corrected chi connectivity index (χ1v) is 15.2. The lowest BCUT2D eigenvalue weighted by Gasteiger charge is -2.24. The van der Waals surface area contributed by atoms with Gasteiger partial charge < -0.3 is 15.0 Å². The van der Waals surface area contributed by atoms with Crippen molar-refractivity contribution in [1.82, 2.24) is 14.5 Å². The van der Waals surface area contributed by atoms with Crippen molar-refractivity contribution in [2.75, 3.05) is 23.2 Å². The topological polar surface area (TPSA) is 120 Å². The van der Waals surface area contributed by atoms with Gasteiger partial charge in [-0.3, -0.25) is 14.1 Å². The predicted molar refractivity (Wildman–Crippen MR) is 159 cm³/mol. The molecule has 0 atom stereocenters. The molecule has 0 aliphatic heterocycles. The first kappa shape index (κ1) is 26.8. The Morgan fingerprint density at radius 3 is 2.59 bits per heavy atom. The van der Waals surface area contributed by atoms with Gasteiger partial charge in [-0.15, -0.1) is 0 Å². The average Bonchev–Trinajstić information content (AvgIpc) is 3.75. The molecular weight excluding hydrogens is 538 g/mol. The molecule has 6 rings (SSSR count). The number of esters is 1. The van der Waals surface area contributed by atoms with E-state index in [9.17, 15) is 13.2 Å². The Kier molecular flexibility index (Phi) is 7.08. The van der Waals surface area contributed by atoms with Crippen molar-refractivity contribution in [2.24, 2.45) is 0 Å². The molecule has 2 N–H and O–H groups in total. The van der Waals surface area contributed by atoms with Crippen LogP contribution in [0.15, 0.2) is 83.9 Å². The Morgan fingerprint density at radius 2 is 1.83 bits per heavy atom. The molecule has 3 aromatic carbocycles. The zero-order valence-electron chi connectivity index (χ0n) is 22.7. The zero-order chi connectivity index (χ0) is 28.6. The molecule has 0 amide bonds.